The van der Waals surface area contributed by atoms with E-state index in [0.717, 1.165) is 10.5 Å². The van der Waals surface area contributed by atoms with Gasteiger partial charge >= 0.3 is 0 Å². The molecule has 0 bridgehead atoms. The van der Waals surface area contributed by atoms with Gasteiger partial charge in [-0.1, -0.05) is 53.5 Å². The highest BCUT2D eigenvalue weighted by molar-refractivity contribution is 7.98. The topological polar surface area (TPSA) is 65.1 Å². The Morgan fingerprint density at radius 1 is 1.32 bits per heavy atom. The molecule has 1 aromatic carbocycles. The third kappa shape index (κ3) is 4.51. The zero-order chi connectivity index (χ0) is 17.8. The summed E-state index contributed by atoms with van der Waals surface area (Å²) in [7, 11) is 0. The van der Waals surface area contributed by atoms with Gasteiger partial charge in [-0.3, -0.25) is 4.79 Å². The number of carbonyl (C=O) groups is 1. The lowest BCUT2D eigenvalue weighted by atomic mass is 10.2. The number of thioether (sulfide) groups is 1. The van der Waals surface area contributed by atoms with Crippen LogP contribution < -0.4 is 5.32 Å². The molecule has 3 rings (SSSR count). The zero-order valence-corrected chi connectivity index (χ0v) is 16.2. The normalized spacial score (nSPS) is 12.4. The molecular formula is C17H16Cl2N2O2S2. The number of aliphatic hydroxyl groups excluding tert-OH is 1. The van der Waals surface area contributed by atoms with Crippen molar-refractivity contribution in [1.29, 1.82) is 0 Å². The van der Waals surface area contributed by atoms with Gasteiger partial charge in [-0.2, -0.15) is 11.8 Å². The van der Waals surface area contributed by atoms with E-state index in [9.17, 15) is 9.90 Å². The summed E-state index contributed by atoms with van der Waals surface area (Å²) in [5.41, 5.74) is 2.29. The molecule has 1 unspecified atom stereocenters. The molecule has 0 radical (unpaired) electrons. The maximum atomic E-state index is 12.4. The van der Waals surface area contributed by atoms with Gasteiger partial charge < -0.3 is 15.4 Å². The number of thiophene rings is 1. The lowest BCUT2D eigenvalue weighted by Gasteiger charge is -2.15. The third-order valence-electron chi connectivity index (χ3n) is 3.60. The van der Waals surface area contributed by atoms with Gasteiger partial charge in [-0.25, -0.2) is 0 Å². The number of benzene rings is 1. The summed E-state index contributed by atoms with van der Waals surface area (Å²) in [5.74, 6) is 1.19. The van der Waals surface area contributed by atoms with Crippen molar-refractivity contribution in [3.8, 4) is 0 Å². The summed E-state index contributed by atoms with van der Waals surface area (Å²) in [6.07, 6.45) is 0. The van der Waals surface area contributed by atoms with E-state index >= 15 is 0 Å². The maximum Gasteiger partial charge on any atom is 0.268 e. The van der Waals surface area contributed by atoms with Gasteiger partial charge in [0.15, 0.2) is 0 Å². The van der Waals surface area contributed by atoms with Crippen LogP contribution in [0.5, 0.6) is 0 Å². The van der Waals surface area contributed by atoms with Gasteiger partial charge in [0.2, 0.25) is 0 Å². The predicted octanol–water partition coefficient (Wildman–Crippen LogP) is 4.56. The maximum absolute atomic E-state index is 12.4. The minimum absolute atomic E-state index is 0.116. The van der Waals surface area contributed by atoms with Crippen molar-refractivity contribution in [3.63, 3.8) is 0 Å². The molecule has 0 aliphatic carbocycles. The molecule has 2 heterocycles. The van der Waals surface area contributed by atoms with Crippen LogP contribution in [0.15, 0.2) is 36.4 Å². The van der Waals surface area contributed by atoms with Crippen molar-refractivity contribution in [2.45, 2.75) is 11.8 Å². The number of aromatic nitrogens is 1. The molecule has 8 heteroatoms. The molecule has 132 valence electrons. The molecule has 1 atom stereocenters. The lowest BCUT2D eigenvalue weighted by molar-refractivity contribution is 0.0919. The summed E-state index contributed by atoms with van der Waals surface area (Å²) in [6.45, 7) is -0.116. The second kappa shape index (κ2) is 8.47. The fourth-order valence-corrected chi connectivity index (χ4v) is 4.84. The monoisotopic (exact) mass is 414 g/mol. The summed E-state index contributed by atoms with van der Waals surface area (Å²) in [6, 6.07) is 11.5. The highest BCUT2D eigenvalue weighted by Gasteiger charge is 2.18. The molecule has 25 heavy (non-hydrogen) atoms. The number of aromatic amines is 1. The first kappa shape index (κ1) is 18.6. The number of halogens is 2. The molecule has 0 spiro atoms. The van der Waals surface area contributed by atoms with E-state index in [0.29, 0.717) is 26.3 Å². The van der Waals surface area contributed by atoms with E-state index in [1.807, 2.05) is 18.2 Å². The van der Waals surface area contributed by atoms with Crippen LogP contribution in [-0.2, 0) is 5.75 Å². The molecule has 0 saturated carbocycles. The Morgan fingerprint density at radius 2 is 2.08 bits per heavy atom. The second-order valence-corrected chi connectivity index (χ2v) is 8.53. The van der Waals surface area contributed by atoms with Crippen molar-refractivity contribution >= 4 is 62.4 Å². The molecule has 2 aromatic heterocycles. The smallest absolute Gasteiger partial charge is 0.268 e. The van der Waals surface area contributed by atoms with E-state index in [2.05, 4.69) is 22.4 Å². The molecule has 1 amide bonds. The summed E-state index contributed by atoms with van der Waals surface area (Å²) in [5, 5.41) is 12.8. The van der Waals surface area contributed by atoms with Crippen LogP contribution in [0, 0.1) is 0 Å². The number of H-pyrrole nitrogens is 1. The average molecular weight is 415 g/mol. The van der Waals surface area contributed by atoms with Gasteiger partial charge in [-0.15, -0.1) is 11.3 Å². The van der Waals surface area contributed by atoms with Crippen LogP contribution in [0.4, 0.5) is 0 Å². The number of amides is 1. The lowest BCUT2D eigenvalue weighted by Crippen LogP contribution is -2.39. The van der Waals surface area contributed by atoms with E-state index in [-0.39, 0.29) is 18.6 Å². The quantitative estimate of drug-likeness (QED) is 0.530. The summed E-state index contributed by atoms with van der Waals surface area (Å²) < 4.78 is 1.33. The molecule has 0 saturated heterocycles. The fraction of sp³-hybridized carbons (Fsp3) is 0.235. The summed E-state index contributed by atoms with van der Waals surface area (Å²) in [4.78, 5) is 15.4. The highest BCUT2D eigenvalue weighted by Crippen LogP contribution is 2.38. The van der Waals surface area contributed by atoms with Gasteiger partial charge in [0.1, 0.15) is 10.0 Å². The number of hydrogen-bond donors (Lipinski definition) is 3. The van der Waals surface area contributed by atoms with Crippen LogP contribution >= 0.6 is 46.3 Å². The first-order valence-electron chi connectivity index (χ1n) is 7.58. The number of carbonyl (C=O) groups excluding carboxylic acids is 1. The minimum atomic E-state index is -0.318. The Kier molecular flexibility index (Phi) is 6.30. The van der Waals surface area contributed by atoms with E-state index in [1.165, 1.54) is 16.9 Å². The third-order valence-corrected chi connectivity index (χ3v) is 6.71. The zero-order valence-electron chi connectivity index (χ0n) is 13.1. The van der Waals surface area contributed by atoms with E-state index in [4.69, 9.17) is 23.2 Å². The molecular weight excluding hydrogens is 399 g/mol. The number of rotatable bonds is 7. The Balaban J connectivity index is 1.57. The average Bonchev–Trinajstić information content (AvgIpc) is 3.15. The molecule has 3 N–H and O–H groups in total. The van der Waals surface area contributed by atoms with E-state index < -0.39 is 0 Å². The highest BCUT2D eigenvalue weighted by atomic mass is 35.5. The number of hydrogen-bond acceptors (Lipinski definition) is 4. The van der Waals surface area contributed by atoms with Gasteiger partial charge in [0.05, 0.1) is 27.9 Å². The van der Waals surface area contributed by atoms with Crippen LogP contribution in [0.3, 0.4) is 0 Å². The Bertz CT molecular complexity index is 864. The van der Waals surface area contributed by atoms with Crippen LogP contribution in [0.1, 0.15) is 16.1 Å². The molecule has 3 aromatic rings. The Labute approximate surface area is 163 Å². The van der Waals surface area contributed by atoms with Crippen molar-refractivity contribution in [3.05, 3.63) is 57.0 Å². The largest absolute Gasteiger partial charge is 0.394 e. The van der Waals surface area contributed by atoms with Crippen LogP contribution in [-0.4, -0.2) is 34.4 Å². The minimum Gasteiger partial charge on any atom is -0.394 e. The molecule has 0 aliphatic heterocycles. The predicted molar refractivity (Wildman–Crippen MR) is 107 cm³/mol. The van der Waals surface area contributed by atoms with E-state index in [1.54, 1.807) is 17.8 Å². The fourth-order valence-electron chi connectivity index (χ4n) is 2.34. The van der Waals surface area contributed by atoms with Gasteiger partial charge in [-0.05, 0) is 11.6 Å². The van der Waals surface area contributed by atoms with Crippen molar-refractivity contribution in [2.24, 2.45) is 0 Å². The number of nitrogens with one attached hydrogen (secondary N) is 2. The van der Waals surface area contributed by atoms with Crippen LogP contribution in [0.2, 0.25) is 9.36 Å². The van der Waals surface area contributed by atoms with Gasteiger partial charge in [0, 0.05) is 11.5 Å². The molecule has 0 aliphatic rings. The summed E-state index contributed by atoms with van der Waals surface area (Å²) >= 11 is 15.0. The van der Waals surface area contributed by atoms with Crippen molar-refractivity contribution in [1.82, 2.24) is 10.3 Å². The number of fused-ring (bicyclic) bond motifs is 1. The standard InChI is InChI=1S/C17H16Cl2N2O2S2/c18-14-15-13(25-16(14)19)6-12(21-15)17(23)20-11(7-22)9-24-8-10-4-2-1-3-5-10/h1-6,11,21-22H,7-9H2,(H,20,23). The first-order valence-corrected chi connectivity index (χ1v) is 10.3. The molecule has 0 fully saturated rings. The Morgan fingerprint density at radius 3 is 2.76 bits per heavy atom. The first-order chi connectivity index (χ1) is 12.1. The number of aliphatic hydroxyl groups is 1. The van der Waals surface area contributed by atoms with Crippen molar-refractivity contribution in [2.75, 3.05) is 12.4 Å². The van der Waals surface area contributed by atoms with Crippen LogP contribution in [0.25, 0.3) is 10.2 Å². The SMILES string of the molecule is O=C(NC(CO)CSCc1ccccc1)c1cc2sc(Cl)c(Cl)c2[nH]1. The van der Waals surface area contributed by atoms with Crippen molar-refractivity contribution < 1.29 is 9.90 Å². The Hall–Kier alpha value is -1.18. The van der Waals surface area contributed by atoms with Gasteiger partial charge in [0.25, 0.3) is 5.91 Å². The molecule has 4 nitrogen and oxygen atoms in total. The second-order valence-electron chi connectivity index (χ2n) is 5.47.